The van der Waals surface area contributed by atoms with E-state index in [2.05, 4.69) is 25.9 Å². The average molecular weight is 341 g/mol. The van der Waals surface area contributed by atoms with Crippen molar-refractivity contribution in [1.82, 2.24) is 25.9 Å². The third kappa shape index (κ3) is 3.29. The van der Waals surface area contributed by atoms with E-state index in [1.54, 1.807) is 12.1 Å². The maximum absolute atomic E-state index is 12.5. The lowest BCUT2D eigenvalue weighted by Crippen LogP contribution is -2.40. The van der Waals surface area contributed by atoms with Crippen LogP contribution < -0.4 is 21.5 Å². The van der Waals surface area contributed by atoms with Gasteiger partial charge in [0.25, 0.3) is 5.56 Å². The minimum Gasteiger partial charge on any atom is -0.348 e. The number of carbonyl (C=O) groups is 1. The van der Waals surface area contributed by atoms with Gasteiger partial charge in [-0.2, -0.15) is 0 Å². The number of hydrogen-bond acceptors (Lipinski definition) is 5. The van der Waals surface area contributed by atoms with Crippen LogP contribution in [0.2, 0.25) is 0 Å². The van der Waals surface area contributed by atoms with Gasteiger partial charge in [0, 0.05) is 6.54 Å². The molecule has 0 aliphatic carbocycles. The minimum absolute atomic E-state index is 0.0220. The number of aromatic nitrogens is 2. The zero-order valence-electron chi connectivity index (χ0n) is 14.1. The number of fused-ring (bicyclic) bond motifs is 1. The Labute approximate surface area is 145 Å². The summed E-state index contributed by atoms with van der Waals surface area (Å²) >= 11 is 0. The number of H-pyrrole nitrogens is 1. The van der Waals surface area contributed by atoms with E-state index < -0.39 is 0 Å². The van der Waals surface area contributed by atoms with Gasteiger partial charge in [-0.1, -0.05) is 12.1 Å². The lowest BCUT2D eigenvalue weighted by atomic mass is 9.77. The van der Waals surface area contributed by atoms with Gasteiger partial charge in [0.2, 0.25) is 5.91 Å². The highest BCUT2D eigenvalue weighted by molar-refractivity contribution is 5.82. The first-order valence-corrected chi connectivity index (χ1v) is 8.85. The fourth-order valence-electron chi connectivity index (χ4n) is 3.95. The topological polar surface area (TPSA) is 98.9 Å². The molecule has 0 radical (unpaired) electrons. The predicted molar refractivity (Wildman–Crippen MR) is 95.2 cm³/mol. The molecule has 3 heterocycles. The van der Waals surface area contributed by atoms with Gasteiger partial charge in [-0.05, 0) is 49.9 Å². The van der Waals surface area contributed by atoms with Crippen LogP contribution in [0.3, 0.4) is 0 Å². The molecule has 25 heavy (non-hydrogen) atoms. The molecule has 1 spiro atoms. The van der Waals surface area contributed by atoms with Crippen LogP contribution in [-0.4, -0.2) is 41.6 Å². The first-order chi connectivity index (χ1) is 12.2. The van der Waals surface area contributed by atoms with Crippen molar-refractivity contribution in [3.63, 3.8) is 0 Å². The maximum Gasteiger partial charge on any atom is 0.258 e. The molecule has 0 saturated carbocycles. The van der Waals surface area contributed by atoms with Gasteiger partial charge in [-0.25, -0.2) is 4.98 Å². The van der Waals surface area contributed by atoms with Gasteiger partial charge in [0.1, 0.15) is 5.82 Å². The third-order valence-corrected chi connectivity index (χ3v) is 5.43. The van der Waals surface area contributed by atoms with Gasteiger partial charge in [0.05, 0.1) is 23.5 Å². The summed E-state index contributed by atoms with van der Waals surface area (Å²) in [6, 6.07) is 7.03. The molecule has 0 bridgehead atoms. The molecular weight excluding hydrogens is 318 g/mol. The standard InChI is InChI=1S/C18H23N5O2/c24-16-12-3-1-2-4-13(12)22-15(23-16)10-20-17(25)14-9-18(11-21-14)5-7-19-8-6-18/h1-4,14,19,21H,5-11H2,(H,20,25)(H,22,23,24)/t14-/m1/s1. The van der Waals surface area contributed by atoms with Crippen LogP contribution in [0.25, 0.3) is 10.9 Å². The van der Waals surface area contributed by atoms with E-state index in [0.717, 1.165) is 38.9 Å². The monoisotopic (exact) mass is 341 g/mol. The van der Waals surface area contributed by atoms with Crippen LogP contribution in [0.5, 0.6) is 0 Å². The molecule has 7 heteroatoms. The molecule has 4 N–H and O–H groups in total. The second kappa shape index (κ2) is 6.57. The highest BCUT2D eigenvalue weighted by Gasteiger charge is 2.41. The lowest BCUT2D eigenvalue weighted by molar-refractivity contribution is -0.123. The molecule has 0 unspecified atom stereocenters. The van der Waals surface area contributed by atoms with Crippen molar-refractivity contribution < 1.29 is 4.79 Å². The van der Waals surface area contributed by atoms with E-state index in [4.69, 9.17) is 0 Å². The summed E-state index contributed by atoms with van der Waals surface area (Å²) in [5.41, 5.74) is 0.716. The van der Waals surface area contributed by atoms with E-state index in [9.17, 15) is 9.59 Å². The SMILES string of the molecule is O=C(NCc1nc2ccccc2c(=O)[nH]1)[C@H]1CC2(CCNCC2)CN1. The van der Waals surface area contributed by atoms with Crippen LogP contribution in [0, 0.1) is 5.41 Å². The molecule has 2 aliphatic rings. The van der Waals surface area contributed by atoms with E-state index in [0.29, 0.717) is 16.7 Å². The number of nitrogens with zero attached hydrogens (tertiary/aromatic N) is 1. The molecule has 2 fully saturated rings. The van der Waals surface area contributed by atoms with Gasteiger partial charge >= 0.3 is 0 Å². The fraction of sp³-hybridized carbons (Fsp3) is 0.500. The maximum atomic E-state index is 12.5. The third-order valence-electron chi connectivity index (χ3n) is 5.43. The van der Waals surface area contributed by atoms with E-state index in [1.807, 2.05) is 12.1 Å². The Balaban J connectivity index is 1.40. The molecule has 1 atom stereocenters. The van der Waals surface area contributed by atoms with Gasteiger partial charge < -0.3 is 20.9 Å². The number of nitrogens with one attached hydrogen (secondary N) is 4. The van der Waals surface area contributed by atoms with Crippen LogP contribution in [0.15, 0.2) is 29.1 Å². The summed E-state index contributed by atoms with van der Waals surface area (Å²) in [5, 5.41) is 10.2. The molecule has 4 rings (SSSR count). The number of para-hydroxylation sites is 1. The lowest BCUT2D eigenvalue weighted by Gasteiger charge is -2.33. The fourth-order valence-corrected chi connectivity index (χ4v) is 3.95. The average Bonchev–Trinajstić information content (AvgIpc) is 3.04. The van der Waals surface area contributed by atoms with Crippen molar-refractivity contribution in [1.29, 1.82) is 0 Å². The zero-order valence-corrected chi connectivity index (χ0v) is 14.1. The number of amides is 1. The van der Waals surface area contributed by atoms with Crippen molar-refractivity contribution in [2.75, 3.05) is 19.6 Å². The van der Waals surface area contributed by atoms with Crippen LogP contribution >= 0.6 is 0 Å². The number of rotatable bonds is 3. The van der Waals surface area contributed by atoms with E-state index >= 15 is 0 Å². The highest BCUT2D eigenvalue weighted by Crippen LogP contribution is 2.37. The Morgan fingerprint density at radius 2 is 2.08 bits per heavy atom. The molecule has 1 aromatic heterocycles. The summed E-state index contributed by atoms with van der Waals surface area (Å²) in [6.45, 7) is 3.18. The molecule has 7 nitrogen and oxygen atoms in total. The van der Waals surface area contributed by atoms with Crippen LogP contribution in [0.1, 0.15) is 25.1 Å². The quantitative estimate of drug-likeness (QED) is 0.642. The Morgan fingerprint density at radius 3 is 2.92 bits per heavy atom. The number of benzene rings is 1. The molecule has 2 saturated heterocycles. The minimum atomic E-state index is -0.178. The number of piperidine rings is 1. The van der Waals surface area contributed by atoms with E-state index in [-0.39, 0.29) is 29.5 Å². The Kier molecular flexibility index (Phi) is 4.27. The Hall–Kier alpha value is -2.25. The molecule has 2 aliphatic heterocycles. The van der Waals surface area contributed by atoms with Gasteiger partial charge in [0.15, 0.2) is 0 Å². The first kappa shape index (κ1) is 16.2. The van der Waals surface area contributed by atoms with E-state index in [1.165, 1.54) is 0 Å². The number of hydrogen-bond donors (Lipinski definition) is 4. The van der Waals surface area contributed by atoms with Crippen LogP contribution in [-0.2, 0) is 11.3 Å². The summed E-state index contributed by atoms with van der Waals surface area (Å²) in [7, 11) is 0. The molecule has 2 aromatic rings. The highest BCUT2D eigenvalue weighted by atomic mass is 16.2. The predicted octanol–water partition coefficient (Wildman–Crippen LogP) is 0.271. The number of aromatic amines is 1. The summed E-state index contributed by atoms with van der Waals surface area (Å²) in [5.74, 6) is 0.456. The first-order valence-electron chi connectivity index (χ1n) is 8.85. The van der Waals surface area contributed by atoms with Crippen LogP contribution in [0.4, 0.5) is 0 Å². The Bertz CT molecular complexity index is 841. The second-order valence-corrected chi connectivity index (χ2v) is 7.14. The zero-order chi connectivity index (χ0) is 17.3. The van der Waals surface area contributed by atoms with Crippen molar-refractivity contribution >= 4 is 16.8 Å². The van der Waals surface area contributed by atoms with Crippen molar-refractivity contribution in [2.24, 2.45) is 5.41 Å². The molecule has 1 amide bonds. The van der Waals surface area contributed by atoms with Crippen molar-refractivity contribution in [2.45, 2.75) is 31.8 Å². The van der Waals surface area contributed by atoms with Crippen molar-refractivity contribution in [3.8, 4) is 0 Å². The number of carbonyl (C=O) groups excluding carboxylic acids is 1. The van der Waals surface area contributed by atoms with Gasteiger partial charge in [-0.3, -0.25) is 9.59 Å². The largest absolute Gasteiger partial charge is 0.348 e. The Morgan fingerprint density at radius 1 is 1.28 bits per heavy atom. The smallest absolute Gasteiger partial charge is 0.258 e. The molecule has 132 valence electrons. The normalized spacial score (nSPS) is 22.3. The summed E-state index contributed by atoms with van der Waals surface area (Å²) in [6.07, 6.45) is 3.11. The van der Waals surface area contributed by atoms with Crippen molar-refractivity contribution in [3.05, 3.63) is 40.4 Å². The van der Waals surface area contributed by atoms with Gasteiger partial charge in [-0.15, -0.1) is 0 Å². The molecule has 1 aromatic carbocycles. The summed E-state index contributed by atoms with van der Waals surface area (Å²) in [4.78, 5) is 31.7. The molecular formula is C18H23N5O2. The second-order valence-electron chi connectivity index (χ2n) is 7.14. The summed E-state index contributed by atoms with van der Waals surface area (Å²) < 4.78 is 0.